The molecule has 0 unspecified atom stereocenters. The normalized spacial score (nSPS) is 9.92. The Morgan fingerprint density at radius 1 is 1.08 bits per heavy atom. The van der Waals surface area contributed by atoms with Crippen molar-refractivity contribution in [3.05, 3.63) is 35.4 Å². The number of aryl methyl sites for hydroxylation is 3. The Labute approximate surface area is 73.4 Å². The molecule has 0 fully saturated rings. The largest absolute Gasteiger partial charge is 0.255 e. The van der Waals surface area contributed by atoms with Crippen molar-refractivity contribution in [3.63, 3.8) is 0 Å². The van der Waals surface area contributed by atoms with E-state index in [2.05, 4.69) is 16.5 Å². The second kappa shape index (κ2) is 3.48. The summed E-state index contributed by atoms with van der Waals surface area (Å²) in [4.78, 5) is 8.81. The molecule has 0 amide bonds. The van der Waals surface area contributed by atoms with Gasteiger partial charge in [-0.3, -0.25) is 9.97 Å². The number of aromatic nitrogens is 2. The van der Waals surface area contributed by atoms with Crippen LogP contribution >= 0.6 is 0 Å². The highest BCUT2D eigenvalue weighted by atomic mass is 14.8. The number of allylic oxidation sites excluding steroid dienone is 1. The predicted octanol–water partition coefficient (Wildman–Crippen LogP) is 2.13. The Morgan fingerprint density at radius 2 is 1.67 bits per heavy atom. The summed E-state index contributed by atoms with van der Waals surface area (Å²) >= 11 is 0. The molecule has 0 saturated carbocycles. The third kappa shape index (κ3) is 1.70. The number of rotatable bonds is 2. The van der Waals surface area contributed by atoms with Crippen molar-refractivity contribution in [2.45, 2.75) is 27.2 Å². The summed E-state index contributed by atoms with van der Waals surface area (Å²) < 4.78 is 0. The zero-order valence-corrected chi connectivity index (χ0v) is 7.89. The van der Waals surface area contributed by atoms with Crippen LogP contribution < -0.4 is 0 Å². The molecule has 0 atom stereocenters. The molecule has 0 N–H and O–H groups in total. The predicted molar refractivity (Wildman–Crippen MR) is 50.1 cm³/mol. The van der Waals surface area contributed by atoms with Crippen molar-refractivity contribution >= 4 is 0 Å². The van der Waals surface area contributed by atoms with Gasteiger partial charge in [0.25, 0.3) is 0 Å². The lowest BCUT2D eigenvalue weighted by molar-refractivity contribution is 0.931. The van der Waals surface area contributed by atoms with Gasteiger partial charge in [-0.1, -0.05) is 6.08 Å². The minimum Gasteiger partial charge on any atom is -0.255 e. The summed E-state index contributed by atoms with van der Waals surface area (Å²) in [6, 6.07) is 0. The van der Waals surface area contributed by atoms with E-state index in [4.69, 9.17) is 0 Å². The molecule has 0 bridgehead atoms. The van der Waals surface area contributed by atoms with Gasteiger partial charge in [0.15, 0.2) is 0 Å². The second-order valence-electron chi connectivity index (χ2n) is 2.92. The molecular weight excluding hydrogens is 148 g/mol. The molecule has 2 heteroatoms. The minimum absolute atomic E-state index is 0.806. The molecule has 1 heterocycles. The first kappa shape index (κ1) is 8.91. The van der Waals surface area contributed by atoms with E-state index in [1.54, 1.807) is 0 Å². The average molecular weight is 162 g/mol. The quantitative estimate of drug-likeness (QED) is 0.622. The van der Waals surface area contributed by atoms with Gasteiger partial charge in [-0.15, -0.1) is 6.58 Å². The van der Waals surface area contributed by atoms with E-state index in [0.717, 1.165) is 29.2 Å². The van der Waals surface area contributed by atoms with Crippen LogP contribution in [0.4, 0.5) is 0 Å². The maximum Gasteiger partial charge on any atom is 0.0656 e. The number of nitrogens with zero attached hydrogens (tertiary/aromatic N) is 2. The van der Waals surface area contributed by atoms with Crippen LogP contribution in [0.25, 0.3) is 0 Å². The molecule has 0 radical (unpaired) electrons. The van der Waals surface area contributed by atoms with Crippen LogP contribution in [0.1, 0.15) is 22.8 Å². The lowest BCUT2D eigenvalue weighted by atomic mass is 10.2. The van der Waals surface area contributed by atoms with E-state index >= 15 is 0 Å². The molecule has 12 heavy (non-hydrogen) atoms. The highest BCUT2D eigenvalue weighted by molar-refractivity contribution is 5.19. The van der Waals surface area contributed by atoms with Gasteiger partial charge in [0.1, 0.15) is 0 Å². The summed E-state index contributed by atoms with van der Waals surface area (Å²) in [5, 5.41) is 0. The van der Waals surface area contributed by atoms with Crippen LogP contribution in [0.5, 0.6) is 0 Å². The van der Waals surface area contributed by atoms with Crippen molar-refractivity contribution in [2.24, 2.45) is 0 Å². The van der Waals surface area contributed by atoms with E-state index in [1.807, 2.05) is 26.8 Å². The zero-order chi connectivity index (χ0) is 9.14. The molecule has 0 aromatic carbocycles. The fourth-order valence-corrected chi connectivity index (χ4v) is 1.09. The lowest BCUT2D eigenvalue weighted by Crippen LogP contribution is -2.01. The van der Waals surface area contributed by atoms with E-state index in [0.29, 0.717) is 0 Å². The van der Waals surface area contributed by atoms with Crippen molar-refractivity contribution in [1.82, 2.24) is 9.97 Å². The molecule has 0 spiro atoms. The van der Waals surface area contributed by atoms with E-state index in [1.165, 1.54) is 0 Å². The number of hydrogen-bond donors (Lipinski definition) is 0. The monoisotopic (exact) mass is 162 g/mol. The summed E-state index contributed by atoms with van der Waals surface area (Å²) in [6.07, 6.45) is 2.66. The Balaban J connectivity index is 3.13. The topological polar surface area (TPSA) is 25.8 Å². The van der Waals surface area contributed by atoms with Crippen molar-refractivity contribution in [3.8, 4) is 0 Å². The standard InChI is InChI=1S/C10H14N2/c1-5-6-10-9(4)11-7(2)8(3)12-10/h5H,1,6H2,2-4H3. The summed E-state index contributed by atoms with van der Waals surface area (Å²) in [7, 11) is 0. The van der Waals surface area contributed by atoms with Crippen LogP contribution in [0.3, 0.4) is 0 Å². The summed E-state index contributed by atoms with van der Waals surface area (Å²) in [5.74, 6) is 0. The van der Waals surface area contributed by atoms with Crippen molar-refractivity contribution < 1.29 is 0 Å². The van der Waals surface area contributed by atoms with E-state index in [-0.39, 0.29) is 0 Å². The second-order valence-corrected chi connectivity index (χ2v) is 2.92. The van der Waals surface area contributed by atoms with E-state index < -0.39 is 0 Å². The van der Waals surface area contributed by atoms with Crippen LogP contribution in [-0.2, 0) is 6.42 Å². The Bertz CT molecular complexity index is 303. The van der Waals surface area contributed by atoms with Crippen molar-refractivity contribution in [1.29, 1.82) is 0 Å². The Hall–Kier alpha value is -1.18. The first-order valence-corrected chi connectivity index (χ1v) is 4.06. The van der Waals surface area contributed by atoms with Gasteiger partial charge in [0.2, 0.25) is 0 Å². The highest BCUT2D eigenvalue weighted by Crippen LogP contribution is 2.07. The first-order valence-electron chi connectivity index (χ1n) is 4.06. The molecule has 1 aromatic rings. The smallest absolute Gasteiger partial charge is 0.0656 e. The third-order valence-electron chi connectivity index (χ3n) is 1.92. The maximum absolute atomic E-state index is 4.43. The molecule has 0 saturated heterocycles. The zero-order valence-electron chi connectivity index (χ0n) is 7.89. The van der Waals surface area contributed by atoms with Gasteiger partial charge < -0.3 is 0 Å². The fourth-order valence-electron chi connectivity index (χ4n) is 1.09. The molecule has 64 valence electrons. The van der Waals surface area contributed by atoms with Gasteiger partial charge in [0.05, 0.1) is 22.8 Å². The molecule has 2 nitrogen and oxygen atoms in total. The van der Waals surface area contributed by atoms with Gasteiger partial charge >= 0.3 is 0 Å². The third-order valence-corrected chi connectivity index (χ3v) is 1.92. The average Bonchev–Trinajstić information content (AvgIpc) is 2.01. The fraction of sp³-hybridized carbons (Fsp3) is 0.400. The first-order chi connectivity index (χ1) is 5.65. The van der Waals surface area contributed by atoms with Gasteiger partial charge in [0, 0.05) is 6.42 Å². The van der Waals surface area contributed by atoms with Crippen LogP contribution in [0.2, 0.25) is 0 Å². The molecule has 0 aliphatic rings. The van der Waals surface area contributed by atoms with E-state index in [9.17, 15) is 0 Å². The van der Waals surface area contributed by atoms with Crippen molar-refractivity contribution in [2.75, 3.05) is 0 Å². The van der Waals surface area contributed by atoms with Gasteiger partial charge in [-0.2, -0.15) is 0 Å². The van der Waals surface area contributed by atoms with Crippen LogP contribution in [-0.4, -0.2) is 9.97 Å². The lowest BCUT2D eigenvalue weighted by Gasteiger charge is -2.04. The summed E-state index contributed by atoms with van der Waals surface area (Å²) in [5.41, 5.74) is 4.07. The maximum atomic E-state index is 4.43. The molecule has 1 rings (SSSR count). The Morgan fingerprint density at radius 3 is 2.25 bits per heavy atom. The van der Waals surface area contributed by atoms with Gasteiger partial charge in [-0.25, -0.2) is 0 Å². The summed E-state index contributed by atoms with van der Waals surface area (Å²) in [6.45, 7) is 9.63. The molecule has 1 aromatic heterocycles. The molecular formula is C10H14N2. The minimum atomic E-state index is 0.806. The highest BCUT2D eigenvalue weighted by Gasteiger charge is 2.02. The SMILES string of the molecule is C=CCc1nc(C)c(C)nc1C. The van der Waals surface area contributed by atoms with Crippen LogP contribution in [0.15, 0.2) is 12.7 Å². The van der Waals surface area contributed by atoms with Gasteiger partial charge in [-0.05, 0) is 20.8 Å². The molecule has 0 aliphatic heterocycles. The molecule has 0 aliphatic carbocycles. The van der Waals surface area contributed by atoms with Crippen LogP contribution in [0, 0.1) is 20.8 Å². The Kier molecular flexibility index (Phi) is 2.58. The number of hydrogen-bond acceptors (Lipinski definition) is 2.